The van der Waals surface area contributed by atoms with Gasteiger partial charge in [-0.3, -0.25) is 4.79 Å². The number of unbranched alkanes of at least 4 members (excludes halogenated alkanes) is 29. The Bertz CT molecular complexity index is 436. The van der Waals surface area contributed by atoms with Crippen molar-refractivity contribution in [3.63, 3.8) is 0 Å². The SMILES string of the molecule is CCCCCCCCCCCCC(N)=O.CCCCCCCCCCCCCCN.CCCCCCCCCCCCN. The molecule has 6 N–H and O–H groups in total. The van der Waals surface area contributed by atoms with Gasteiger partial charge in [0.2, 0.25) is 5.91 Å². The second-order valence-electron chi connectivity index (χ2n) is 13.0. The van der Waals surface area contributed by atoms with Crippen molar-refractivity contribution in [1.82, 2.24) is 0 Å². The van der Waals surface area contributed by atoms with E-state index in [9.17, 15) is 4.79 Å². The Morgan fingerprint density at radius 2 is 0.512 bits per heavy atom. The van der Waals surface area contributed by atoms with E-state index >= 15 is 0 Å². The Balaban J connectivity index is -0.000000560. The molecule has 0 bridgehead atoms. The monoisotopic (exact) mass is 612 g/mol. The van der Waals surface area contributed by atoms with E-state index in [2.05, 4.69) is 20.8 Å². The van der Waals surface area contributed by atoms with Crippen molar-refractivity contribution in [3.05, 3.63) is 0 Å². The second kappa shape index (κ2) is 48.3. The van der Waals surface area contributed by atoms with Gasteiger partial charge in [0.05, 0.1) is 0 Å². The lowest BCUT2D eigenvalue weighted by Gasteiger charge is -2.01. The summed E-state index contributed by atoms with van der Waals surface area (Å²) in [6, 6.07) is 0. The van der Waals surface area contributed by atoms with Gasteiger partial charge >= 0.3 is 0 Å². The number of hydrogen-bond acceptors (Lipinski definition) is 3. The molecule has 0 unspecified atom stereocenters. The highest BCUT2D eigenvalue weighted by Crippen LogP contribution is 2.13. The Labute approximate surface area is 273 Å². The molecule has 0 saturated carbocycles. The highest BCUT2D eigenvalue weighted by molar-refractivity contribution is 5.73. The molecule has 4 nitrogen and oxygen atoms in total. The van der Waals surface area contributed by atoms with Crippen molar-refractivity contribution < 1.29 is 4.79 Å². The van der Waals surface area contributed by atoms with Crippen LogP contribution in [0.5, 0.6) is 0 Å². The third-order valence-electron chi connectivity index (χ3n) is 8.39. The van der Waals surface area contributed by atoms with Crippen LogP contribution in [0.1, 0.15) is 233 Å². The summed E-state index contributed by atoms with van der Waals surface area (Å²) in [7, 11) is 0. The summed E-state index contributed by atoms with van der Waals surface area (Å²) in [5.74, 6) is -0.158. The van der Waals surface area contributed by atoms with Crippen molar-refractivity contribution in [2.45, 2.75) is 233 Å². The van der Waals surface area contributed by atoms with Gasteiger partial charge in [-0.15, -0.1) is 0 Å². The first-order valence-electron chi connectivity index (χ1n) is 19.8. The largest absolute Gasteiger partial charge is 0.370 e. The maximum atomic E-state index is 10.5. The smallest absolute Gasteiger partial charge is 0.217 e. The number of amides is 1. The van der Waals surface area contributed by atoms with Crippen molar-refractivity contribution in [3.8, 4) is 0 Å². The maximum Gasteiger partial charge on any atom is 0.217 e. The molecule has 0 rings (SSSR count). The third kappa shape index (κ3) is 57.6. The minimum atomic E-state index is -0.158. The molecule has 0 aromatic heterocycles. The van der Waals surface area contributed by atoms with Crippen LogP contribution in [0, 0.1) is 0 Å². The first-order valence-corrected chi connectivity index (χ1v) is 19.8. The van der Waals surface area contributed by atoms with E-state index < -0.39 is 0 Å². The molecule has 0 spiro atoms. The zero-order valence-electron chi connectivity index (χ0n) is 30.4. The van der Waals surface area contributed by atoms with Gasteiger partial charge in [0.25, 0.3) is 0 Å². The van der Waals surface area contributed by atoms with Gasteiger partial charge in [-0.2, -0.15) is 0 Å². The number of rotatable bonds is 33. The van der Waals surface area contributed by atoms with Crippen LogP contribution < -0.4 is 17.2 Å². The summed E-state index contributed by atoms with van der Waals surface area (Å²) in [4.78, 5) is 10.5. The van der Waals surface area contributed by atoms with Crippen molar-refractivity contribution in [1.29, 1.82) is 0 Å². The molecule has 4 heteroatoms. The normalized spacial score (nSPS) is 10.6. The van der Waals surface area contributed by atoms with E-state index in [1.54, 1.807) is 0 Å². The molecule has 262 valence electrons. The molecule has 0 aliphatic carbocycles. The van der Waals surface area contributed by atoms with E-state index in [1.807, 2.05) is 0 Å². The second-order valence-corrected chi connectivity index (χ2v) is 13.0. The predicted molar refractivity (Wildman–Crippen MR) is 197 cm³/mol. The van der Waals surface area contributed by atoms with Gasteiger partial charge in [0, 0.05) is 6.42 Å². The summed E-state index contributed by atoms with van der Waals surface area (Å²) < 4.78 is 0. The van der Waals surface area contributed by atoms with Crippen LogP contribution in [0.3, 0.4) is 0 Å². The Morgan fingerprint density at radius 3 is 0.698 bits per heavy atom. The van der Waals surface area contributed by atoms with E-state index in [1.165, 1.54) is 193 Å². The van der Waals surface area contributed by atoms with Gasteiger partial charge in [-0.25, -0.2) is 0 Å². The minimum absolute atomic E-state index is 0.158. The zero-order chi connectivity index (χ0) is 32.3. The molecular weight excluding hydrogens is 526 g/mol. The van der Waals surface area contributed by atoms with Crippen molar-refractivity contribution in [2.75, 3.05) is 13.1 Å². The molecule has 0 saturated heterocycles. The number of primary amides is 1. The summed E-state index contributed by atoms with van der Waals surface area (Å²) in [6.07, 6.45) is 44.4. The topological polar surface area (TPSA) is 95.1 Å². The van der Waals surface area contributed by atoms with Crippen LogP contribution in [0.25, 0.3) is 0 Å². The highest BCUT2D eigenvalue weighted by Gasteiger charge is 1.96. The van der Waals surface area contributed by atoms with Crippen LogP contribution in [0.4, 0.5) is 0 Å². The fraction of sp³-hybridized carbons (Fsp3) is 0.974. The van der Waals surface area contributed by atoms with Crippen LogP contribution in [-0.4, -0.2) is 19.0 Å². The predicted octanol–water partition coefficient (Wildman–Crippen LogP) is 12.3. The lowest BCUT2D eigenvalue weighted by atomic mass is 10.1. The van der Waals surface area contributed by atoms with E-state index in [0.717, 1.165) is 25.9 Å². The number of carbonyl (C=O) groups excluding carboxylic acids is 1. The van der Waals surface area contributed by atoms with Gasteiger partial charge in [0.15, 0.2) is 0 Å². The Kier molecular flexibility index (Phi) is 52.6. The van der Waals surface area contributed by atoms with Crippen LogP contribution in [-0.2, 0) is 4.79 Å². The van der Waals surface area contributed by atoms with Crippen molar-refractivity contribution in [2.24, 2.45) is 17.2 Å². The lowest BCUT2D eigenvalue weighted by Crippen LogP contribution is -2.09. The molecule has 0 aromatic carbocycles. The molecule has 0 aliphatic rings. The van der Waals surface area contributed by atoms with E-state index in [0.29, 0.717) is 6.42 Å². The molecule has 0 aromatic rings. The number of hydrogen-bond donors (Lipinski definition) is 3. The van der Waals surface area contributed by atoms with Crippen LogP contribution >= 0.6 is 0 Å². The summed E-state index contributed by atoms with van der Waals surface area (Å²) in [5, 5.41) is 0. The first-order chi connectivity index (χ1) is 21.1. The van der Waals surface area contributed by atoms with Gasteiger partial charge in [-0.1, -0.05) is 207 Å². The molecule has 0 heterocycles. The fourth-order valence-electron chi connectivity index (χ4n) is 5.40. The van der Waals surface area contributed by atoms with Gasteiger partial charge in [0.1, 0.15) is 0 Å². The Hall–Kier alpha value is -0.610. The van der Waals surface area contributed by atoms with E-state index in [-0.39, 0.29) is 5.91 Å². The average molecular weight is 612 g/mol. The summed E-state index contributed by atoms with van der Waals surface area (Å²) in [5.41, 5.74) is 15.9. The lowest BCUT2D eigenvalue weighted by molar-refractivity contribution is -0.118. The number of carbonyl (C=O) groups is 1. The molecular formula is C39H85N3O. The first kappa shape index (κ1) is 46.8. The molecule has 0 radical (unpaired) electrons. The molecule has 1 amide bonds. The molecule has 0 aliphatic heterocycles. The Morgan fingerprint density at radius 1 is 0.326 bits per heavy atom. The standard InChI is InChI=1S/C14H31N.C13H27NO.C12H27N/c1-2-3-4-5-6-7-8-9-10-11-12-13-14-15;1-2-3-4-5-6-7-8-9-10-11-12-13(14)15;1-2-3-4-5-6-7-8-9-10-11-12-13/h2-15H2,1H3;2-12H2,1H3,(H2,14,15);2-13H2,1H3. The quantitative estimate of drug-likeness (QED) is 0.0644. The zero-order valence-corrected chi connectivity index (χ0v) is 30.4. The third-order valence-corrected chi connectivity index (χ3v) is 8.39. The summed E-state index contributed by atoms with van der Waals surface area (Å²) >= 11 is 0. The van der Waals surface area contributed by atoms with Crippen LogP contribution in [0.15, 0.2) is 0 Å². The average Bonchev–Trinajstić information content (AvgIpc) is 3.00. The molecule has 43 heavy (non-hydrogen) atoms. The molecule has 0 atom stereocenters. The summed E-state index contributed by atoms with van der Waals surface area (Å²) in [6.45, 7) is 8.54. The highest BCUT2D eigenvalue weighted by atomic mass is 16.1. The minimum Gasteiger partial charge on any atom is -0.370 e. The maximum absolute atomic E-state index is 10.5. The molecule has 0 fully saturated rings. The van der Waals surface area contributed by atoms with Gasteiger partial charge < -0.3 is 17.2 Å². The fourth-order valence-corrected chi connectivity index (χ4v) is 5.40. The number of nitrogens with two attached hydrogens (primary N) is 3. The van der Waals surface area contributed by atoms with Crippen molar-refractivity contribution >= 4 is 5.91 Å². The van der Waals surface area contributed by atoms with Gasteiger partial charge in [-0.05, 0) is 32.4 Å². The van der Waals surface area contributed by atoms with E-state index in [4.69, 9.17) is 17.2 Å². The van der Waals surface area contributed by atoms with Crippen LogP contribution in [0.2, 0.25) is 0 Å².